The summed E-state index contributed by atoms with van der Waals surface area (Å²) in [6, 6.07) is 25.0. The minimum absolute atomic E-state index is 0.0556. The topological polar surface area (TPSA) is 44.1 Å². The van der Waals surface area contributed by atoms with Crippen LogP contribution in [-0.2, 0) is 5.75 Å². The Morgan fingerprint density at radius 2 is 1.74 bits per heavy atom. The van der Waals surface area contributed by atoms with Crippen molar-refractivity contribution in [1.29, 1.82) is 0 Å². The molecule has 3 aromatic carbocycles. The van der Waals surface area contributed by atoms with Gasteiger partial charge in [0.25, 0.3) is 5.56 Å². The van der Waals surface area contributed by atoms with E-state index in [2.05, 4.69) is 0 Å². The van der Waals surface area contributed by atoms with E-state index >= 15 is 0 Å². The molecule has 0 atom stereocenters. The van der Waals surface area contributed by atoms with Gasteiger partial charge < -0.3 is 4.74 Å². The number of thioether (sulfide) groups is 1. The number of ether oxygens (including phenoxy) is 1. The molecule has 0 saturated carbocycles. The summed E-state index contributed by atoms with van der Waals surface area (Å²) in [5, 5.41) is 1.29. The van der Waals surface area contributed by atoms with Gasteiger partial charge in [0, 0.05) is 5.75 Å². The van der Waals surface area contributed by atoms with Gasteiger partial charge in [-0.1, -0.05) is 54.2 Å². The first kappa shape index (κ1) is 17.4. The van der Waals surface area contributed by atoms with Crippen LogP contribution in [0.1, 0.15) is 5.56 Å². The molecule has 134 valence electrons. The van der Waals surface area contributed by atoms with Crippen LogP contribution >= 0.6 is 11.8 Å². The van der Waals surface area contributed by atoms with Gasteiger partial charge in [0.1, 0.15) is 5.75 Å². The van der Waals surface area contributed by atoms with Gasteiger partial charge in [0.15, 0.2) is 5.16 Å². The summed E-state index contributed by atoms with van der Waals surface area (Å²) < 4.78 is 6.98. The Bertz CT molecular complexity index is 1140. The molecule has 0 bridgehead atoms. The minimum atomic E-state index is -0.0556. The van der Waals surface area contributed by atoms with Gasteiger partial charge >= 0.3 is 0 Å². The van der Waals surface area contributed by atoms with Gasteiger partial charge in [0.2, 0.25) is 0 Å². The van der Waals surface area contributed by atoms with Crippen molar-refractivity contribution in [3.8, 4) is 11.4 Å². The first-order valence-corrected chi connectivity index (χ1v) is 9.58. The highest BCUT2D eigenvalue weighted by Gasteiger charge is 2.13. The fourth-order valence-corrected chi connectivity index (χ4v) is 3.88. The van der Waals surface area contributed by atoms with Crippen molar-refractivity contribution in [1.82, 2.24) is 9.55 Å². The van der Waals surface area contributed by atoms with Gasteiger partial charge in [0.05, 0.1) is 23.7 Å². The number of hydrogen-bond donors (Lipinski definition) is 0. The molecule has 1 heterocycles. The Hall–Kier alpha value is -3.05. The quantitative estimate of drug-likeness (QED) is 0.376. The Morgan fingerprint density at radius 3 is 2.56 bits per heavy atom. The second kappa shape index (κ2) is 7.68. The lowest BCUT2D eigenvalue weighted by atomic mass is 10.2. The van der Waals surface area contributed by atoms with Crippen LogP contribution in [0.4, 0.5) is 0 Å². The predicted molar refractivity (Wildman–Crippen MR) is 110 cm³/mol. The summed E-state index contributed by atoms with van der Waals surface area (Å²) in [6.45, 7) is 0. The fourth-order valence-electron chi connectivity index (χ4n) is 2.92. The van der Waals surface area contributed by atoms with E-state index in [0.29, 0.717) is 21.8 Å². The van der Waals surface area contributed by atoms with Crippen LogP contribution in [0.3, 0.4) is 0 Å². The summed E-state index contributed by atoms with van der Waals surface area (Å²) >= 11 is 1.54. The third-order valence-electron chi connectivity index (χ3n) is 4.26. The molecular formula is C22H18N2O2S. The van der Waals surface area contributed by atoms with E-state index in [1.165, 1.54) is 11.8 Å². The fraction of sp³-hybridized carbons (Fsp3) is 0.0909. The van der Waals surface area contributed by atoms with E-state index < -0.39 is 0 Å². The summed E-state index contributed by atoms with van der Waals surface area (Å²) in [7, 11) is 1.66. The average molecular weight is 374 g/mol. The molecule has 5 heteroatoms. The zero-order valence-corrected chi connectivity index (χ0v) is 15.6. The maximum atomic E-state index is 13.2. The molecule has 0 amide bonds. The lowest BCUT2D eigenvalue weighted by Crippen LogP contribution is -2.21. The van der Waals surface area contributed by atoms with Crippen LogP contribution in [-0.4, -0.2) is 16.7 Å². The number of aromatic nitrogens is 2. The van der Waals surface area contributed by atoms with Crippen molar-refractivity contribution < 1.29 is 4.74 Å². The molecule has 0 N–H and O–H groups in total. The molecule has 4 rings (SSSR count). The zero-order valence-electron chi connectivity index (χ0n) is 14.8. The molecule has 0 aliphatic carbocycles. The maximum Gasteiger partial charge on any atom is 0.266 e. The number of benzene rings is 3. The van der Waals surface area contributed by atoms with Gasteiger partial charge in [-0.05, 0) is 42.0 Å². The Kier molecular flexibility index (Phi) is 4.94. The molecule has 0 saturated heterocycles. The standard InChI is InChI=1S/C22H18N2O2S/c1-26-18-11-7-8-16(14-18)15-27-22-23-20-13-6-5-12-19(20)21(25)24(22)17-9-3-2-4-10-17/h2-14H,15H2,1H3. The van der Waals surface area contributed by atoms with Crippen LogP contribution in [0, 0.1) is 0 Å². The molecule has 0 radical (unpaired) electrons. The number of para-hydroxylation sites is 2. The second-order valence-corrected chi connectivity index (χ2v) is 6.97. The number of fused-ring (bicyclic) bond motifs is 1. The Balaban J connectivity index is 1.79. The van der Waals surface area contributed by atoms with Gasteiger partial charge in [-0.25, -0.2) is 4.98 Å². The molecule has 4 aromatic rings. The minimum Gasteiger partial charge on any atom is -0.497 e. The third-order valence-corrected chi connectivity index (χ3v) is 5.27. The predicted octanol–water partition coefficient (Wildman–Crippen LogP) is 4.69. The van der Waals surface area contributed by atoms with Gasteiger partial charge in [-0.15, -0.1) is 0 Å². The van der Waals surface area contributed by atoms with Crippen molar-refractivity contribution in [2.24, 2.45) is 0 Å². The summed E-state index contributed by atoms with van der Waals surface area (Å²) in [5.74, 6) is 1.51. The highest BCUT2D eigenvalue weighted by atomic mass is 32.2. The van der Waals surface area contributed by atoms with E-state index in [0.717, 1.165) is 17.0 Å². The first-order chi connectivity index (χ1) is 13.3. The number of hydrogen-bond acceptors (Lipinski definition) is 4. The molecule has 0 fully saturated rings. The van der Waals surface area contributed by atoms with Gasteiger partial charge in [-0.3, -0.25) is 9.36 Å². The summed E-state index contributed by atoms with van der Waals surface area (Å²) in [5.41, 5.74) is 2.58. The maximum absolute atomic E-state index is 13.2. The van der Waals surface area contributed by atoms with Crippen LogP contribution in [0.5, 0.6) is 5.75 Å². The van der Waals surface area contributed by atoms with E-state index in [1.807, 2.05) is 78.9 Å². The van der Waals surface area contributed by atoms with E-state index in [-0.39, 0.29) is 5.56 Å². The first-order valence-electron chi connectivity index (χ1n) is 8.59. The van der Waals surface area contributed by atoms with Gasteiger partial charge in [-0.2, -0.15) is 0 Å². The van der Waals surface area contributed by atoms with E-state index in [1.54, 1.807) is 11.7 Å². The molecule has 0 spiro atoms. The summed E-state index contributed by atoms with van der Waals surface area (Å²) in [6.07, 6.45) is 0. The van der Waals surface area contributed by atoms with Crippen molar-refractivity contribution in [2.45, 2.75) is 10.9 Å². The molecule has 0 aliphatic rings. The van der Waals surface area contributed by atoms with Crippen molar-refractivity contribution in [3.63, 3.8) is 0 Å². The molecule has 0 unspecified atom stereocenters. The van der Waals surface area contributed by atoms with E-state index in [4.69, 9.17) is 9.72 Å². The molecule has 4 nitrogen and oxygen atoms in total. The van der Waals surface area contributed by atoms with E-state index in [9.17, 15) is 4.79 Å². The van der Waals surface area contributed by atoms with Crippen LogP contribution < -0.4 is 10.3 Å². The summed E-state index contributed by atoms with van der Waals surface area (Å²) in [4.78, 5) is 17.9. The Morgan fingerprint density at radius 1 is 0.963 bits per heavy atom. The highest BCUT2D eigenvalue weighted by molar-refractivity contribution is 7.98. The monoisotopic (exact) mass is 374 g/mol. The van der Waals surface area contributed by atoms with Crippen LogP contribution in [0.2, 0.25) is 0 Å². The number of nitrogens with zero attached hydrogens (tertiary/aromatic N) is 2. The van der Waals surface area contributed by atoms with Crippen LogP contribution in [0.15, 0.2) is 88.8 Å². The number of rotatable bonds is 5. The largest absolute Gasteiger partial charge is 0.497 e. The molecule has 1 aromatic heterocycles. The van der Waals surface area contributed by atoms with Crippen molar-refractivity contribution in [3.05, 3.63) is 94.8 Å². The zero-order chi connectivity index (χ0) is 18.6. The average Bonchev–Trinajstić information content (AvgIpc) is 2.73. The normalized spacial score (nSPS) is 10.9. The lowest BCUT2D eigenvalue weighted by Gasteiger charge is -2.13. The molecule has 0 aliphatic heterocycles. The highest BCUT2D eigenvalue weighted by Crippen LogP contribution is 2.26. The van der Waals surface area contributed by atoms with Crippen LogP contribution in [0.25, 0.3) is 16.6 Å². The third kappa shape index (κ3) is 3.59. The smallest absolute Gasteiger partial charge is 0.266 e. The SMILES string of the molecule is COc1cccc(CSc2nc3ccccc3c(=O)n2-c2ccccc2)c1. The Labute approximate surface area is 161 Å². The van der Waals surface area contributed by atoms with Crippen molar-refractivity contribution >= 4 is 22.7 Å². The number of methoxy groups -OCH3 is 1. The lowest BCUT2D eigenvalue weighted by molar-refractivity contribution is 0.414. The van der Waals surface area contributed by atoms with Crippen molar-refractivity contribution in [2.75, 3.05) is 7.11 Å². The molecular weight excluding hydrogens is 356 g/mol. The molecule has 27 heavy (non-hydrogen) atoms. The second-order valence-electron chi connectivity index (χ2n) is 6.03.